The first-order valence-electron chi connectivity index (χ1n) is 10.4. The Morgan fingerprint density at radius 3 is 2.25 bits per heavy atom. The molecule has 5 nitrogen and oxygen atoms in total. The normalized spacial score (nSPS) is 15.8. The van der Waals surface area contributed by atoms with Crippen molar-refractivity contribution in [3.05, 3.63) is 99.1 Å². The fourth-order valence-electron chi connectivity index (χ4n) is 3.86. The van der Waals surface area contributed by atoms with Crippen molar-refractivity contribution in [3.8, 4) is 0 Å². The van der Waals surface area contributed by atoms with Gasteiger partial charge in [0, 0.05) is 10.1 Å². The molecule has 1 heterocycles. The van der Waals surface area contributed by atoms with E-state index in [0.717, 1.165) is 20.3 Å². The molecule has 32 heavy (non-hydrogen) atoms. The first-order chi connectivity index (χ1) is 15.4. The highest BCUT2D eigenvalue weighted by Crippen LogP contribution is 2.28. The highest BCUT2D eigenvalue weighted by molar-refractivity contribution is 14.1. The first-order valence-corrected chi connectivity index (χ1v) is 11.5. The molecule has 0 bridgehead atoms. The lowest BCUT2D eigenvalue weighted by atomic mass is 10.1. The molecule has 1 unspecified atom stereocenters. The number of carbonyl (C=O) groups is 3. The van der Waals surface area contributed by atoms with Gasteiger partial charge in [-0.2, -0.15) is 0 Å². The molecule has 0 saturated carbocycles. The molecule has 6 heteroatoms. The van der Waals surface area contributed by atoms with Crippen LogP contribution in [0.5, 0.6) is 0 Å². The van der Waals surface area contributed by atoms with Gasteiger partial charge in [-0.05, 0) is 64.9 Å². The third-order valence-corrected chi connectivity index (χ3v) is 6.30. The molecule has 1 saturated heterocycles. The lowest BCUT2D eigenvalue weighted by Crippen LogP contribution is -2.45. The minimum Gasteiger partial charge on any atom is -0.325 e. The third kappa shape index (κ3) is 4.91. The van der Waals surface area contributed by atoms with Crippen LogP contribution in [0, 0.1) is 10.5 Å². The van der Waals surface area contributed by atoms with Crippen molar-refractivity contribution in [2.75, 3.05) is 4.90 Å². The summed E-state index contributed by atoms with van der Waals surface area (Å²) in [6.45, 7) is 2.27. The number of aryl methyl sites for hydroxylation is 1. The summed E-state index contributed by atoms with van der Waals surface area (Å²) in [6, 6.07) is 23.7. The Bertz CT molecular complexity index is 1130. The van der Waals surface area contributed by atoms with Crippen molar-refractivity contribution in [3.63, 3.8) is 0 Å². The quantitative estimate of drug-likeness (QED) is 0.343. The maximum absolute atomic E-state index is 13.4. The Morgan fingerprint density at radius 2 is 1.59 bits per heavy atom. The number of hydrogen-bond donors (Lipinski definition) is 0. The zero-order chi connectivity index (χ0) is 22.7. The first kappa shape index (κ1) is 22.2. The summed E-state index contributed by atoms with van der Waals surface area (Å²) in [5.41, 5.74) is 3.45. The molecule has 1 aliphatic heterocycles. The molecule has 1 aliphatic rings. The van der Waals surface area contributed by atoms with Crippen LogP contribution < -0.4 is 4.90 Å². The monoisotopic (exact) mass is 538 g/mol. The van der Waals surface area contributed by atoms with E-state index in [1.165, 1.54) is 4.90 Å². The average Bonchev–Trinajstić information content (AvgIpc) is 3.08. The van der Waals surface area contributed by atoms with Crippen molar-refractivity contribution >= 4 is 46.0 Å². The summed E-state index contributed by atoms with van der Waals surface area (Å²) in [4.78, 5) is 42.3. The fourth-order valence-corrected chi connectivity index (χ4v) is 4.21. The number of rotatable bonds is 6. The minimum atomic E-state index is -0.820. The van der Waals surface area contributed by atoms with Gasteiger partial charge in [0.05, 0.1) is 18.5 Å². The molecular formula is C26H23IN2O3. The van der Waals surface area contributed by atoms with Crippen molar-refractivity contribution in [2.45, 2.75) is 32.4 Å². The van der Waals surface area contributed by atoms with Crippen molar-refractivity contribution in [1.29, 1.82) is 0 Å². The van der Waals surface area contributed by atoms with E-state index in [9.17, 15) is 14.4 Å². The summed E-state index contributed by atoms with van der Waals surface area (Å²) in [5.74, 6) is -0.820. The molecular weight excluding hydrogens is 515 g/mol. The number of nitrogens with zero attached hydrogens (tertiary/aromatic N) is 2. The second-order valence-electron chi connectivity index (χ2n) is 7.93. The number of anilines is 1. The minimum absolute atomic E-state index is 0.0167. The van der Waals surface area contributed by atoms with Crippen LogP contribution >= 0.6 is 22.6 Å². The molecule has 3 aromatic rings. The molecule has 3 aromatic carbocycles. The van der Waals surface area contributed by atoms with Crippen LogP contribution in [0.4, 0.5) is 5.69 Å². The molecule has 0 radical (unpaired) electrons. The highest BCUT2D eigenvalue weighted by atomic mass is 127. The molecule has 1 atom stereocenters. The Kier molecular flexibility index (Phi) is 6.69. The van der Waals surface area contributed by atoms with Gasteiger partial charge in [0.15, 0.2) is 0 Å². The predicted molar refractivity (Wildman–Crippen MR) is 132 cm³/mol. The van der Waals surface area contributed by atoms with Gasteiger partial charge in [0.1, 0.15) is 6.04 Å². The predicted octanol–water partition coefficient (Wildman–Crippen LogP) is 4.50. The molecule has 0 aliphatic carbocycles. The maximum atomic E-state index is 13.4. The van der Waals surface area contributed by atoms with Crippen LogP contribution in [-0.2, 0) is 27.3 Å². The van der Waals surface area contributed by atoms with E-state index < -0.39 is 6.04 Å². The van der Waals surface area contributed by atoms with Gasteiger partial charge >= 0.3 is 0 Å². The Morgan fingerprint density at radius 1 is 0.938 bits per heavy atom. The standard InChI is InChI=1S/C26H23IN2O3/c1-18-7-9-20(10-8-18)17-28(24(30)15-19-5-3-2-4-6-19)23-16-25(31)29(26(23)32)22-13-11-21(27)12-14-22/h2-14,23H,15-17H2,1H3. The summed E-state index contributed by atoms with van der Waals surface area (Å²) in [6.07, 6.45) is 0.158. The smallest absolute Gasteiger partial charge is 0.257 e. The molecule has 162 valence electrons. The van der Waals surface area contributed by atoms with Gasteiger partial charge in [-0.3, -0.25) is 14.4 Å². The van der Waals surface area contributed by atoms with E-state index in [1.54, 1.807) is 17.0 Å². The third-order valence-electron chi connectivity index (χ3n) is 5.58. The van der Waals surface area contributed by atoms with Crippen LogP contribution in [0.1, 0.15) is 23.1 Å². The highest BCUT2D eigenvalue weighted by Gasteiger charge is 2.44. The lowest BCUT2D eigenvalue weighted by molar-refractivity contribution is -0.138. The molecule has 4 rings (SSSR count). The molecule has 1 fully saturated rings. The number of carbonyl (C=O) groups excluding carboxylic acids is 3. The van der Waals surface area contributed by atoms with Gasteiger partial charge in [-0.25, -0.2) is 4.90 Å². The van der Waals surface area contributed by atoms with Gasteiger partial charge in [-0.1, -0.05) is 60.2 Å². The summed E-state index contributed by atoms with van der Waals surface area (Å²) in [5, 5.41) is 0. The maximum Gasteiger partial charge on any atom is 0.257 e. The van der Waals surface area contributed by atoms with Crippen LogP contribution in [0.3, 0.4) is 0 Å². The fraction of sp³-hybridized carbons (Fsp3) is 0.192. The van der Waals surface area contributed by atoms with Crippen LogP contribution in [0.2, 0.25) is 0 Å². The largest absolute Gasteiger partial charge is 0.325 e. The van der Waals surface area contributed by atoms with Crippen molar-refractivity contribution < 1.29 is 14.4 Å². The molecule has 0 N–H and O–H groups in total. The Labute approximate surface area is 201 Å². The molecule has 3 amide bonds. The van der Waals surface area contributed by atoms with Gasteiger partial charge in [0.2, 0.25) is 11.8 Å². The lowest BCUT2D eigenvalue weighted by Gasteiger charge is -2.28. The number of halogens is 1. The van der Waals surface area contributed by atoms with Crippen molar-refractivity contribution in [1.82, 2.24) is 4.90 Å². The van der Waals surface area contributed by atoms with Crippen LogP contribution in [0.25, 0.3) is 0 Å². The summed E-state index contributed by atoms with van der Waals surface area (Å²) in [7, 11) is 0. The van der Waals surface area contributed by atoms with Gasteiger partial charge in [-0.15, -0.1) is 0 Å². The molecule has 0 spiro atoms. The van der Waals surface area contributed by atoms with Crippen LogP contribution in [0.15, 0.2) is 78.9 Å². The number of imide groups is 1. The van der Waals surface area contributed by atoms with E-state index in [-0.39, 0.29) is 37.1 Å². The van der Waals surface area contributed by atoms with E-state index in [2.05, 4.69) is 22.6 Å². The summed E-state index contributed by atoms with van der Waals surface area (Å²) >= 11 is 2.18. The zero-order valence-corrected chi connectivity index (χ0v) is 19.9. The molecule has 0 aromatic heterocycles. The van der Waals surface area contributed by atoms with E-state index in [4.69, 9.17) is 0 Å². The topological polar surface area (TPSA) is 57.7 Å². The van der Waals surface area contributed by atoms with Gasteiger partial charge in [0.25, 0.3) is 5.91 Å². The second kappa shape index (κ2) is 9.65. The van der Waals surface area contributed by atoms with Crippen LogP contribution in [-0.4, -0.2) is 28.7 Å². The van der Waals surface area contributed by atoms with Gasteiger partial charge < -0.3 is 4.90 Å². The second-order valence-corrected chi connectivity index (χ2v) is 9.18. The van der Waals surface area contributed by atoms with Crippen molar-refractivity contribution in [2.24, 2.45) is 0 Å². The average molecular weight is 538 g/mol. The van der Waals surface area contributed by atoms with E-state index in [1.807, 2.05) is 73.7 Å². The zero-order valence-electron chi connectivity index (χ0n) is 17.7. The number of benzene rings is 3. The van der Waals surface area contributed by atoms with E-state index >= 15 is 0 Å². The SMILES string of the molecule is Cc1ccc(CN(C(=O)Cc2ccccc2)C2CC(=O)N(c3ccc(I)cc3)C2=O)cc1. The Balaban J connectivity index is 1.63. The number of hydrogen-bond acceptors (Lipinski definition) is 3. The summed E-state index contributed by atoms with van der Waals surface area (Å²) < 4.78 is 1.01. The Hall–Kier alpha value is -3.00. The van der Waals surface area contributed by atoms with E-state index in [0.29, 0.717) is 5.69 Å². The number of amides is 3.